The molecule has 296 valence electrons. The molecule has 12 aromatic carbocycles. The fraction of sp³-hybridized carbons (Fsp3) is 0. The Hall–Kier alpha value is -8.46. The van der Waals surface area contributed by atoms with Gasteiger partial charge in [-0.3, -0.25) is 0 Å². The van der Waals surface area contributed by atoms with Crippen LogP contribution in [-0.2, 0) is 0 Å². The number of hydrogen-bond donors (Lipinski definition) is 0. The molecular formula is C62H36O2. The number of benzene rings is 12. The molecule has 0 saturated carbocycles. The van der Waals surface area contributed by atoms with E-state index in [1.807, 2.05) is 12.1 Å². The molecule has 0 amide bonds. The first-order chi connectivity index (χ1) is 31.8. The van der Waals surface area contributed by atoms with Gasteiger partial charge in [0.05, 0.1) is 0 Å². The van der Waals surface area contributed by atoms with E-state index in [2.05, 4.69) is 206 Å². The summed E-state index contributed by atoms with van der Waals surface area (Å²) in [4.78, 5) is 0. The van der Waals surface area contributed by atoms with Crippen LogP contribution in [-0.4, -0.2) is 0 Å². The lowest BCUT2D eigenvalue weighted by Gasteiger charge is -2.23. The van der Waals surface area contributed by atoms with E-state index in [4.69, 9.17) is 8.83 Å². The van der Waals surface area contributed by atoms with Crippen molar-refractivity contribution in [3.05, 3.63) is 218 Å². The van der Waals surface area contributed by atoms with Crippen LogP contribution in [0.4, 0.5) is 0 Å². The molecule has 2 nitrogen and oxygen atoms in total. The minimum absolute atomic E-state index is 0.871. The molecule has 2 heteroatoms. The predicted molar refractivity (Wildman–Crippen MR) is 270 cm³/mol. The van der Waals surface area contributed by atoms with Crippen LogP contribution >= 0.6 is 0 Å². The first-order valence-corrected chi connectivity index (χ1v) is 22.0. The highest BCUT2D eigenvalue weighted by atomic mass is 16.3. The summed E-state index contributed by atoms with van der Waals surface area (Å²) in [5.74, 6) is 0. The first kappa shape index (κ1) is 35.2. The zero-order valence-electron chi connectivity index (χ0n) is 34.6. The van der Waals surface area contributed by atoms with Gasteiger partial charge < -0.3 is 8.83 Å². The molecule has 0 N–H and O–H groups in total. The second-order valence-electron chi connectivity index (χ2n) is 17.0. The third-order valence-corrected chi connectivity index (χ3v) is 13.7. The van der Waals surface area contributed by atoms with E-state index >= 15 is 0 Å². The Morgan fingerprint density at radius 1 is 0.219 bits per heavy atom. The summed E-state index contributed by atoms with van der Waals surface area (Å²) >= 11 is 0. The van der Waals surface area contributed by atoms with Crippen LogP contribution < -0.4 is 0 Å². The smallest absolute Gasteiger partial charge is 0.143 e. The Labute approximate surface area is 367 Å². The molecule has 0 radical (unpaired) electrons. The summed E-state index contributed by atoms with van der Waals surface area (Å²) < 4.78 is 13.4. The number of fused-ring (bicyclic) bond motifs is 14. The Balaban J connectivity index is 1.14. The van der Waals surface area contributed by atoms with Crippen molar-refractivity contribution >= 4 is 97.7 Å². The van der Waals surface area contributed by atoms with Crippen molar-refractivity contribution in [2.24, 2.45) is 0 Å². The van der Waals surface area contributed by atoms with Gasteiger partial charge in [0.15, 0.2) is 0 Å². The average Bonchev–Trinajstić information content (AvgIpc) is 3.94. The van der Waals surface area contributed by atoms with Gasteiger partial charge in [-0.1, -0.05) is 194 Å². The third kappa shape index (κ3) is 4.96. The summed E-state index contributed by atoms with van der Waals surface area (Å²) in [5.41, 5.74) is 12.7. The molecule has 0 spiro atoms. The molecule has 0 aliphatic heterocycles. The summed E-state index contributed by atoms with van der Waals surface area (Å²) in [6.07, 6.45) is 0. The fourth-order valence-electron chi connectivity index (χ4n) is 11.0. The van der Waals surface area contributed by atoms with Gasteiger partial charge in [0.25, 0.3) is 0 Å². The van der Waals surface area contributed by atoms with Crippen LogP contribution in [0.3, 0.4) is 0 Å². The first-order valence-electron chi connectivity index (χ1n) is 22.0. The van der Waals surface area contributed by atoms with E-state index < -0.39 is 0 Å². The van der Waals surface area contributed by atoms with Crippen molar-refractivity contribution in [2.45, 2.75) is 0 Å². The molecule has 0 aliphatic rings. The quantitative estimate of drug-likeness (QED) is 0.131. The maximum Gasteiger partial charge on any atom is 0.143 e. The molecule has 2 heterocycles. The summed E-state index contributed by atoms with van der Waals surface area (Å²) in [6, 6.07) is 79.4. The lowest BCUT2D eigenvalue weighted by atomic mass is 9.80. The molecule has 2 aromatic heterocycles. The van der Waals surface area contributed by atoms with Crippen LogP contribution in [0.1, 0.15) is 0 Å². The van der Waals surface area contributed by atoms with Gasteiger partial charge in [-0.2, -0.15) is 0 Å². The van der Waals surface area contributed by atoms with Crippen molar-refractivity contribution in [3.63, 3.8) is 0 Å². The Morgan fingerprint density at radius 2 is 0.641 bits per heavy atom. The Morgan fingerprint density at radius 3 is 1.30 bits per heavy atom. The minimum atomic E-state index is 0.871. The van der Waals surface area contributed by atoms with Crippen LogP contribution in [0, 0.1) is 0 Å². The number of furan rings is 2. The molecule has 0 fully saturated rings. The highest BCUT2D eigenvalue weighted by Gasteiger charge is 2.25. The van der Waals surface area contributed by atoms with Crippen molar-refractivity contribution < 1.29 is 8.83 Å². The molecule has 64 heavy (non-hydrogen) atoms. The average molecular weight is 813 g/mol. The molecular weight excluding hydrogens is 777 g/mol. The summed E-state index contributed by atoms with van der Waals surface area (Å²) in [6.45, 7) is 0. The molecule has 0 unspecified atom stereocenters. The topological polar surface area (TPSA) is 26.3 Å². The van der Waals surface area contributed by atoms with Crippen molar-refractivity contribution in [1.29, 1.82) is 0 Å². The van der Waals surface area contributed by atoms with Crippen molar-refractivity contribution in [1.82, 2.24) is 0 Å². The molecule has 14 rings (SSSR count). The van der Waals surface area contributed by atoms with Gasteiger partial charge >= 0.3 is 0 Å². The number of para-hydroxylation sites is 3. The van der Waals surface area contributed by atoms with Crippen LogP contribution in [0.5, 0.6) is 0 Å². The zero-order valence-corrected chi connectivity index (χ0v) is 34.6. The van der Waals surface area contributed by atoms with Gasteiger partial charge in [0.1, 0.15) is 22.3 Å². The molecule has 0 saturated heterocycles. The maximum atomic E-state index is 6.81. The van der Waals surface area contributed by atoms with E-state index in [0.717, 1.165) is 71.7 Å². The Bertz CT molecular complexity index is 4160. The molecule has 0 aliphatic carbocycles. The van der Waals surface area contributed by atoms with E-state index in [9.17, 15) is 0 Å². The van der Waals surface area contributed by atoms with E-state index in [1.54, 1.807) is 0 Å². The highest BCUT2D eigenvalue weighted by Crippen LogP contribution is 2.52. The van der Waals surface area contributed by atoms with Gasteiger partial charge in [0.2, 0.25) is 0 Å². The zero-order chi connectivity index (χ0) is 41.9. The maximum absolute atomic E-state index is 6.81. The predicted octanol–water partition coefficient (Wildman–Crippen LogP) is 17.9. The summed E-state index contributed by atoms with van der Waals surface area (Å²) in [7, 11) is 0. The van der Waals surface area contributed by atoms with Gasteiger partial charge in [-0.05, 0) is 117 Å². The number of hydrogen-bond acceptors (Lipinski definition) is 2. The van der Waals surface area contributed by atoms with Crippen LogP contribution in [0.25, 0.3) is 142 Å². The van der Waals surface area contributed by atoms with Gasteiger partial charge in [-0.25, -0.2) is 0 Å². The van der Waals surface area contributed by atoms with Gasteiger partial charge in [0, 0.05) is 27.1 Å². The second kappa shape index (κ2) is 13.5. The lowest BCUT2D eigenvalue weighted by Crippen LogP contribution is -1.96. The normalized spacial score (nSPS) is 12.1. The molecule has 14 aromatic rings. The van der Waals surface area contributed by atoms with E-state index in [-0.39, 0.29) is 0 Å². The Kier molecular flexibility index (Phi) is 7.43. The summed E-state index contributed by atoms with van der Waals surface area (Å²) in [5, 5.41) is 16.8. The van der Waals surface area contributed by atoms with E-state index in [0.29, 0.717) is 0 Å². The molecule has 0 bridgehead atoms. The highest BCUT2D eigenvalue weighted by molar-refractivity contribution is 6.32. The standard InChI is InChI=1S/C62H36O2/c1-2-17-41-39(16-1)40-18-3-4-21-45(40)58-46(41)27-14-31-54(58)59-47-22-5-7-24-49(47)61(50-25-8-6-23-48(50)59)60-38(37-34-35-44-42-19-9-11-32-55(42)63-57(44)36-37)26-13-28-51(60)53-30-15-29-52-43-20-10-12-33-56(43)64-62(52)53/h1-36H. The van der Waals surface area contributed by atoms with Crippen molar-refractivity contribution in [2.75, 3.05) is 0 Å². The van der Waals surface area contributed by atoms with Crippen LogP contribution in [0.15, 0.2) is 227 Å². The monoisotopic (exact) mass is 812 g/mol. The fourth-order valence-corrected chi connectivity index (χ4v) is 11.0. The second-order valence-corrected chi connectivity index (χ2v) is 17.0. The van der Waals surface area contributed by atoms with Crippen molar-refractivity contribution in [3.8, 4) is 44.5 Å². The van der Waals surface area contributed by atoms with E-state index in [1.165, 1.54) is 70.6 Å². The minimum Gasteiger partial charge on any atom is -0.456 e. The third-order valence-electron chi connectivity index (χ3n) is 13.7. The largest absolute Gasteiger partial charge is 0.456 e. The number of rotatable bonds is 4. The lowest BCUT2D eigenvalue weighted by molar-refractivity contribution is 0.669. The molecule has 0 atom stereocenters. The van der Waals surface area contributed by atoms with Crippen LogP contribution in [0.2, 0.25) is 0 Å². The SMILES string of the molecule is c1cc(-c2ccc3c(c2)oc2ccccc23)c(-c2c3ccccc3c(-c3cccc4c5ccccc5c5ccccc5c34)c3ccccc23)c(-c2cccc3c2oc2ccccc23)c1. The van der Waals surface area contributed by atoms with Gasteiger partial charge in [-0.15, -0.1) is 0 Å².